The lowest BCUT2D eigenvalue weighted by Gasteiger charge is -2.11. The number of nitrogens with one attached hydrogen (secondary N) is 1. The highest BCUT2D eigenvalue weighted by Gasteiger charge is 2.17. The molecular formula is C12H20N2O2S. The zero-order chi connectivity index (χ0) is 13.1. The molecule has 0 spiro atoms. The van der Waals surface area contributed by atoms with Crippen LogP contribution in [0.3, 0.4) is 0 Å². The van der Waals surface area contributed by atoms with Gasteiger partial charge in [-0.05, 0) is 43.5 Å². The number of nitrogen functional groups attached to an aromatic ring is 1. The fraction of sp³-hybridized carbons (Fsp3) is 0.500. The first-order valence-corrected chi connectivity index (χ1v) is 7.23. The van der Waals surface area contributed by atoms with Gasteiger partial charge < -0.3 is 5.73 Å². The summed E-state index contributed by atoms with van der Waals surface area (Å²) in [6.45, 7) is 6.25. The largest absolute Gasteiger partial charge is 0.398 e. The summed E-state index contributed by atoms with van der Waals surface area (Å²) >= 11 is 0. The lowest BCUT2D eigenvalue weighted by atomic mass is 10.1. The van der Waals surface area contributed by atoms with E-state index in [2.05, 4.69) is 4.72 Å². The standard InChI is InChI=1S/C12H20N2O2S/c1-4-5-6-14-17(15,16)12-8-10(3)9(2)7-11(12)13/h7-8,14H,4-6,13H2,1-3H3. The molecule has 0 fully saturated rings. The Balaban J connectivity index is 3.03. The number of unbranched alkanes of at least 4 members (excludes halogenated alkanes) is 1. The van der Waals surface area contributed by atoms with Crippen molar-refractivity contribution in [1.29, 1.82) is 0 Å². The molecule has 0 bridgehead atoms. The third-order valence-corrected chi connectivity index (χ3v) is 4.25. The minimum absolute atomic E-state index is 0.178. The van der Waals surface area contributed by atoms with Gasteiger partial charge in [-0.1, -0.05) is 13.3 Å². The lowest BCUT2D eigenvalue weighted by molar-refractivity contribution is 0.578. The van der Waals surface area contributed by atoms with Gasteiger partial charge in [0.1, 0.15) is 4.90 Å². The first-order valence-electron chi connectivity index (χ1n) is 5.75. The maximum atomic E-state index is 12.0. The van der Waals surface area contributed by atoms with E-state index in [9.17, 15) is 8.42 Å². The monoisotopic (exact) mass is 256 g/mol. The molecule has 0 radical (unpaired) electrons. The molecule has 0 aliphatic carbocycles. The molecule has 0 aliphatic heterocycles. The van der Waals surface area contributed by atoms with Gasteiger partial charge >= 0.3 is 0 Å². The quantitative estimate of drug-likeness (QED) is 0.625. The van der Waals surface area contributed by atoms with Crippen LogP contribution in [0.5, 0.6) is 0 Å². The second-order valence-corrected chi connectivity index (χ2v) is 5.96. The molecule has 3 N–H and O–H groups in total. The molecule has 0 saturated heterocycles. The number of aryl methyl sites for hydroxylation is 2. The first kappa shape index (κ1) is 14.0. The van der Waals surface area contributed by atoms with Gasteiger partial charge in [-0.15, -0.1) is 0 Å². The fourth-order valence-electron chi connectivity index (χ4n) is 1.51. The van der Waals surface area contributed by atoms with Crippen LogP contribution >= 0.6 is 0 Å². The molecule has 0 heterocycles. The first-order chi connectivity index (χ1) is 7.88. The normalized spacial score (nSPS) is 11.7. The highest BCUT2D eigenvalue weighted by atomic mass is 32.2. The van der Waals surface area contributed by atoms with E-state index in [4.69, 9.17) is 5.73 Å². The molecule has 1 rings (SSSR count). The van der Waals surface area contributed by atoms with Crippen LogP contribution in [0.15, 0.2) is 17.0 Å². The van der Waals surface area contributed by atoms with Gasteiger partial charge in [0.05, 0.1) is 5.69 Å². The van der Waals surface area contributed by atoms with E-state index < -0.39 is 10.0 Å². The molecular weight excluding hydrogens is 236 g/mol. The molecule has 17 heavy (non-hydrogen) atoms. The van der Waals surface area contributed by atoms with Crippen LogP contribution < -0.4 is 10.5 Å². The Kier molecular flexibility index (Phi) is 4.54. The SMILES string of the molecule is CCCCNS(=O)(=O)c1cc(C)c(C)cc1N. The molecule has 1 aromatic carbocycles. The van der Waals surface area contributed by atoms with Gasteiger partial charge in [-0.3, -0.25) is 0 Å². The van der Waals surface area contributed by atoms with Crippen molar-refractivity contribution in [2.45, 2.75) is 38.5 Å². The number of nitrogens with two attached hydrogens (primary N) is 1. The van der Waals surface area contributed by atoms with Crippen molar-refractivity contribution in [2.75, 3.05) is 12.3 Å². The minimum atomic E-state index is -3.48. The average Bonchev–Trinajstić information content (AvgIpc) is 2.23. The van der Waals surface area contributed by atoms with Crippen molar-refractivity contribution in [2.24, 2.45) is 0 Å². The zero-order valence-electron chi connectivity index (χ0n) is 10.6. The Morgan fingerprint density at radius 3 is 2.41 bits per heavy atom. The number of sulfonamides is 1. The molecule has 0 amide bonds. The van der Waals surface area contributed by atoms with Gasteiger partial charge in [-0.2, -0.15) is 0 Å². The molecule has 0 atom stereocenters. The van der Waals surface area contributed by atoms with Crippen molar-refractivity contribution in [3.63, 3.8) is 0 Å². The Morgan fingerprint density at radius 2 is 1.82 bits per heavy atom. The number of hydrogen-bond acceptors (Lipinski definition) is 3. The molecule has 96 valence electrons. The average molecular weight is 256 g/mol. The van der Waals surface area contributed by atoms with Crippen molar-refractivity contribution < 1.29 is 8.42 Å². The van der Waals surface area contributed by atoms with Crippen molar-refractivity contribution in [1.82, 2.24) is 4.72 Å². The van der Waals surface area contributed by atoms with E-state index in [0.29, 0.717) is 12.2 Å². The summed E-state index contributed by atoms with van der Waals surface area (Å²) in [6, 6.07) is 3.32. The van der Waals surface area contributed by atoms with Crippen LogP contribution in [-0.4, -0.2) is 15.0 Å². The van der Waals surface area contributed by atoms with E-state index in [0.717, 1.165) is 24.0 Å². The van der Waals surface area contributed by atoms with Gasteiger partial charge in [0, 0.05) is 6.54 Å². The Labute approximate surface area is 103 Å². The third-order valence-electron chi connectivity index (χ3n) is 2.74. The van der Waals surface area contributed by atoms with E-state index in [-0.39, 0.29) is 4.90 Å². The number of hydrogen-bond donors (Lipinski definition) is 2. The highest BCUT2D eigenvalue weighted by molar-refractivity contribution is 7.89. The van der Waals surface area contributed by atoms with Crippen molar-refractivity contribution in [3.8, 4) is 0 Å². The zero-order valence-corrected chi connectivity index (χ0v) is 11.4. The predicted octanol–water partition coefficient (Wildman–Crippen LogP) is 1.96. The second-order valence-electron chi connectivity index (χ2n) is 4.23. The summed E-state index contributed by atoms with van der Waals surface area (Å²) in [5.41, 5.74) is 7.99. The van der Waals surface area contributed by atoms with E-state index >= 15 is 0 Å². The molecule has 1 aromatic rings. The van der Waals surface area contributed by atoms with Gasteiger partial charge in [0.15, 0.2) is 0 Å². The molecule has 0 aliphatic rings. The summed E-state index contributed by atoms with van der Waals surface area (Å²) in [7, 11) is -3.48. The molecule has 0 saturated carbocycles. The van der Waals surface area contributed by atoms with Gasteiger partial charge in [0.2, 0.25) is 10.0 Å². The van der Waals surface area contributed by atoms with Crippen molar-refractivity contribution >= 4 is 15.7 Å². The molecule has 4 nitrogen and oxygen atoms in total. The van der Waals surface area contributed by atoms with Crippen molar-refractivity contribution in [3.05, 3.63) is 23.3 Å². The fourth-order valence-corrected chi connectivity index (χ4v) is 2.78. The number of anilines is 1. The summed E-state index contributed by atoms with van der Waals surface area (Å²) in [4.78, 5) is 0.178. The summed E-state index contributed by atoms with van der Waals surface area (Å²) in [6.07, 6.45) is 1.77. The Hall–Kier alpha value is -1.07. The van der Waals surface area contributed by atoms with Crippen LogP contribution in [0.1, 0.15) is 30.9 Å². The summed E-state index contributed by atoms with van der Waals surface area (Å²) < 4.78 is 26.6. The van der Waals surface area contributed by atoms with E-state index in [1.807, 2.05) is 20.8 Å². The molecule has 0 aromatic heterocycles. The van der Waals surface area contributed by atoms with E-state index in [1.165, 1.54) is 0 Å². The van der Waals surface area contributed by atoms with Crippen LogP contribution in [0.2, 0.25) is 0 Å². The van der Waals surface area contributed by atoms with Crippen LogP contribution in [0.25, 0.3) is 0 Å². The Morgan fingerprint density at radius 1 is 1.24 bits per heavy atom. The molecule has 0 unspecified atom stereocenters. The van der Waals surface area contributed by atoms with Gasteiger partial charge in [0.25, 0.3) is 0 Å². The lowest BCUT2D eigenvalue weighted by Crippen LogP contribution is -2.25. The van der Waals surface area contributed by atoms with Crippen LogP contribution in [0.4, 0.5) is 5.69 Å². The summed E-state index contributed by atoms with van der Waals surface area (Å²) in [5, 5.41) is 0. The minimum Gasteiger partial charge on any atom is -0.398 e. The topological polar surface area (TPSA) is 72.2 Å². The highest BCUT2D eigenvalue weighted by Crippen LogP contribution is 2.22. The second kappa shape index (κ2) is 5.51. The summed E-state index contributed by atoms with van der Waals surface area (Å²) in [5.74, 6) is 0. The number of rotatable bonds is 5. The van der Waals surface area contributed by atoms with Crippen LogP contribution in [0, 0.1) is 13.8 Å². The Bertz CT molecular complexity index is 495. The maximum absolute atomic E-state index is 12.0. The molecule has 5 heteroatoms. The van der Waals surface area contributed by atoms with Gasteiger partial charge in [-0.25, -0.2) is 13.1 Å². The van der Waals surface area contributed by atoms with Crippen LogP contribution in [-0.2, 0) is 10.0 Å². The smallest absolute Gasteiger partial charge is 0.242 e. The third kappa shape index (κ3) is 3.44. The van der Waals surface area contributed by atoms with E-state index in [1.54, 1.807) is 12.1 Å². The maximum Gasteiger partial charge on any atom is 0.242 e. The number of benzene rings is 1. The predicted molar refractivity (Wildman–Crippen MR) is 70.4 cm³/mol.